The van der Waals surface area contributed by atoms with Crippen LogP contribution >= 0.6 is 0 Å². The minimum absolute atomic E-state index is 0.0328. The van der Waals surface area contributed by atoms with Gasteiger partial charge in [-0.25, -0.2) is 9.97 Å². The molecule has 5 fully saturated rings. The highest BCUT2D eigenvalue weighted by atomic mass is 16.3. The third-order valence-corrected chi connectivity index (χ3v) is 10.9. The van der Waals surface area contributed by atoms with E-state index in [4.69, 9.17) is 14.4 Å². The molecule has 5 aliphatic carbocycles. The first-order valence-corrected chi connectivity index (χ1v) is 16.0. The molecule has 222 valence electrons. The number of fused-ring (bicyclic) bond motifs is 3. The Balaban J connectivity index is 1.14. The molecule has 1 amide bonds. The zero-order chi connectivity index (χ0) is 28.9. The SMILES string of the molecule is CN(C)c1ccc(C23CCC(CN(c4cccc(-c5coc(C6CC6)n5)c4)C(=O)[C@H]4CC[C@H](O)CC4)(CC2)CC3)cn1. The van der Waals surface area contributed by atoms with Crippen LogP contribution in [0.15, 0.2) is 53.3 Å². The van der Waals surface area contributed by atoms with E-state index in [1.54, 1.807) is 6.26 Å². The molecule has 1 N–H and O–H groups in total. The number of hydrogen-bond acceptors (Lipinski definition) is 6. The molecule has 5 saturated carbocycles. The number of rotatable bonds is 8. The summed E-state index contributed by atoms with van der Waals surface area (Å²) in [5.41, 5.74) is 4.52. The zero-order valence-corrected chi connectivity index (χ0v) is 25.1. The van der Waals surface area contributed by atoms with Crippen LogP contribution in [-0.4, -0.2) is 47.7 Å². The number of aliphatic hydroxyl groups excluding tert-OH is 1. The van der Waals surface area contributed by atoms with Gasteiger partial charge in [0.15, 0.2) is 5.89 Å². The van der Waals surface area contributed by atoms with Gasteiger partial charge in [-0.2, -0.15) is 0 Å². The number of pyridine rings is 1. The van der Waals surface area contributed by atoms with Crippen molar-refractivity contribution in [3.8, 4) is 11.3 Å². The number of nitrogens with zero attached hydrogens (tertiary/aromatic N) is 4. The molecule has 0 saturated heterocycles. The van der Waals surface area contributed by atoms with E-state index < -0.39 is 0 Å². The summed E-state index contributed by atoms with van der Waals surface area (Å²) in [4.78, 5) is 28.0. The molecule has 5 aliphatic rings. The van der Waals surface area contributed by atoms with Crippen LogP contribution in [-0.2, 0) is 10.2 Å². The highest BCUT2D eigenvalue weighted by molar-refractivity contribution is 5.95. The first-order chi connectivity index (χ1) is 20.3. The summed E-state index contributed by atoms with van der Waals surface area (Å²) in [6.45, 7) is 0.758. The molecular formula is C35H44N4O3. The van der Waals surface area contributed by atoms with Gasteiger partial charge in [0, 0.05) is 49.9 Å². The van der Waals surface area contributed by atoms with Crippen molar-refractivity contribution in [2.45, 2.75) is 94.5 Å². The molecule has 2 bridgehead atoms. The normalized spacial score (nSPS) is 28.9. The second-order valence-corrected chi connectivity index (χ2v) is 13.9. The van der Waals surface area contributed by atoms with E-state index in [0.29, 0.717) is 18.8 Å². The lowest BCUT2D eigenvalue weighted by atomic mass is 9.52. The maximum absolute atomic E-state index is 14.3. The third kappa shape index (κ3) is 5.25. The molecule has 2 heterocycles. The van der Waals surface area contributed by atoms with Gasteiger partial charge in [-0.05, 0) is 112 Å². The van der Waals surface area contributed by atoms with E-state index in [1.165, 1.54) is 5.56 Å². The molecule has 0 unspecified atom stereocenters. The summed E-state index contributed by atoms with van der Waals surface area (Å²) in [6, 6.07) is 12.8. The summed E-state index contributed by atoms with van der Waals surface area (Å²) < 4.78 is 5.80. The molecule has 0 radical (unpaired) electrons. The van der Waals surface area contributed by atoms with E-state index in [0.717, 1.165) is 99.4 Å². The van der Waals surface area contributed by atoms with E-state index in [2.05, 4.69) is 52.4 Å². The highest BCUT2D eigenvalue weighted by Gasteiger charge is 2.50. The van der Waals surface area contributed by atoms with E-state index in [1.807, 2.05) is 14.1 Å². The fraction of sp³-hybridized carbons (Fsp3) is 0.571. The lowest BCUT2D eigenvalue weighted by molar-refractivity contribution is -0.124. The number of aromatic nitrogens is 2. The summed E-state index contributed by atoms with van der Waals surface area (Å²) in [7, 11) is 4.07. The highest BCUT2D eigenvalue weighted by Crippen LogP contribution is 2.58. The lowest BCUT2D eigenvalue weighted by Gasteiger charge is -2.55. The Kier molecular flexibility index (Phi) is 7.12. The molecule has 7 nitrogen and oxygen atoms in total. The number of anilines is 2. The third-order valence-electron chi connectivity index (χ3n) is 10.9. The van der Waals surface area contributed by atoms with Crippen LogP contribution in [0.4, 0.5) is 11.5 Å². The van der Waals surface area contributed by atoms with Crippen molar-refractivity contribution in [2.75, 3.05) is 30.4 Å². The minimum Gasteiger partial charge on any atom is -0.448 e. The van der Waals surface area contributed by atoms with Gasteiger partial charge in [0.2, 0.25) is 5.91 Å². The topological polar surface area (TPSA) is 82.7 Å². The van der Waals surface area contributed by atoms with Gasteiger partial charge >= 0.3 is 0 Å². The molecule has 1 aromatic carbocycles. The largest absolute Gasteiger partial charge is 0.448 e. The van der Waals surface area contributed by atoms with Gasteiger partial charge in [0.05, 0.1) is 6.10 Å². The number of hydrogen-bond donors (Lipinski definition) is 1. The molecule has 8 rings (SSSR count). The van der Waals surface area contributed by atoms with Crippen LogP contribution in [0, 0.1) is 11.3 Å². The fourth-order valence-electron chi connectivity index (χ4n) is 7.84. The number of oxazole rings is 1. The Morgan fingerprint density at radius 2 is 1.71 bits per heavy atom. The van der Waals surface area contributed by atoms with Crippen molar-refractivity contribution < 1.29 is 14.3 Å². The second-order valence-electron chi connectivity index (χ2n) is 13.9. The van der Waals surface area contributed by atoms with Gasteiger partial charge in [0.1, 0.15) is 17.8 Å². The predicted octanol–water partition coefficient (Wildman–Crippen LogP) is 6.86. The Bertz CT molecular complexity index is 1390. The summed E-state index contributed by atoms with van der Waals surface area (Å²) in [5, 5.41) is 10.1. The lowest BCUT2D eigenvalue weighted by Crippen LogP contribution is -2.51. The van der Waals surface area contributed by atoms with Gasteiger partial charge in [-0.15, -0.1) is 0 Å². The maximum atomic E-state index is 14.3. The summed E-state index contributed by atoms with van der Waals surface area (Å²) in [5.74, 6) is 2.49. The minimum atomic E-state index is -0.275. The van der Waals surface area contributed by atoms with Crippen LogP contribution in [0.2, 0.25) is 0 Å². The standard InChI is InChI=1S/C35H44N4O3/c1-38(2)31-13-10-27(21-36-31)35-17-14-34(15-18-35,16-19-35)23-39(33(41)25-8-11-29(40)12-9-25)28-5-3-4-26(20-28)30-22-42-32(37-30)24-6-7-24/h3-5,10,13,20-22,24-25,29,40H,6-9,11-12,14-19,23H2,1-2H3/t25-,29-,34?,35?. The number of carbonyl (C=O) groups is 1. The monoisotopic (exact) mass is 568 g/mol. The quantitative estimate of drug-likeness (QED) is 0.320. The van der Waals surface area contributed by atoms with E-state index >= 15 is 0 Å². The van der Waals surface area contributed by atoms with E-state index in [-0.39, 0.29) is 28.8 Å². The van der Waals surface area contributed by atoms with Gasteiger partial charge in [-0.1, -0.05) is 18.2 Å². The molecule has 3 aromatic rings. The Morgan fingerprint density at radius 1 is 0.976 bits per heavy atom. The van der Waals surface area contributed by atoms with Crippen molar-refractivity contribution in [3.05, 3.63) is 60.3 Å². The van der Waals surface area contributed by atoms with E-state index in [9.17, 15) is 9.90 Å². The molecule has 7 heteroatoms. The maximum Gasteiger partial charge on any atom is 0.230 e. The van der Waals surface area contributed by atoms with Gasteiger partial charge < -0.3 is 19.3 Å². The smallest absolute Gasteiger partial charge is 0.230 e. The Hall–Kier alpha value is -3.19. The first-order valence-electron chi connectivity index (χ1n) is 16.0. The van der Waals surface area contributed by atoms with Crippen molar-refractivity contribution in [1.82, 2.24) is 9.97 Å². The number of amides is 1. The number of carbonyl (C=O) groups excluding carboxylic acids is 1. The molecule has 2 aromatic heterocycles. The van der Waals surface area contributed by atoms with Gasteiger partial charge in [-0.3, -0.25) is 4.79 Å². The summed E-state index contributed by atoms with van der Waals surface area (Å²) in [6.07, 6.45) is 15.7. The number of benzene rings is 1. The molecule has 0 aliphatic heterocycles. The van der Waals surface area contributed by atoms with Gasteiger partial charge in [0.25, 0.3) is 0 Å². The van der Waals surface area contributed by atoms with Crippen molar-refractivity contribution in [1.29, 1.82) is 0 Å². The average molecular weight is 569 g/mol. The predicted molar refractivity (Wildman–Crippen MR) is 165 cm³/mol. The Labute approximate surface area is 249 Å². The van der Waals surface area contributed by atoms with Crippen molar-refractivity contribution >= 4 is 17.4 Å². The Morgan fingerprint density at radius 3 is 2.36 bits per heavy atom. The summed E-state index contributed by atoms with van der Waals surface area (Å²) >= 11 is 0. The zero-order valence-electron chi connectivity index (χ0n) is 25.1. The molecule has 42 heavy (non-hydrogen) atoms. The van der Waals surface area contributed by atoms with Crippen LogP contribution in [0.5, 0.6) is 0 Å². The number of aliphatic hydroxyl groups is 1. The molecule has 0 spiro atoms. The van der Waals surface area contributed by atoms with Crippen molar-refractivity contribution in [2.24, 2.45) is 11.3 Å². The van der Waals surface area contributed by atoms with Crippen LogP contribution in [0.1, 0.15) is 94.4 Å². The first kappa shape index (κ1) is 27.6. The second kappa shape index (κ2) is 10.8. The van der Waals surface area contributed by atoms with Crippen LogP contribution in [0.3, 0.4) is 0 Å². The average Bonchev–Trinajstić information content (AvgIpc) is 3.77. The fourth-order valence-corrected chi connectivity index (χ4v) is 7.84. The van der Waals surface area contributed by atoms with Crippen molar-refractivity contribution in [3.63, 3.8) is 0 Å². The molecular weight excluding hydrogens is 524 g/mol. The van der Waals surface area contributed by atoms with Crippen LogP contribution in [0.25, 0.3) is 11.3 Å². The molecule has 0 atom stereocenters. The van der Waals surface area contributed by atoms with Crippen LogP contribution < -0.4 is 9.80 Å².